The van der Waals surface area contributed by atoms with Crippen molar-refractivity contribution in [3.05, 3.63) is 48.0 Å². The topological polar surface area (TPSA) is 49.8 Å². The Hall–Kier alpha value is -1.85. The monoisotopic (exact) mass is 224 g/mol. The summed E-state index contributed by atoms with van der Waals surface area (Å²) in [4.78, 5) is 0. The molecular formula is C15H16N2. The number of nitrogens with two attached hydrogens (primary N) is 1. The van der Waals surface area contributed by atoms with Crippen LogP contribution in [0.25, 0.3) is 10.8 Å². The molecule has 0 aromatic heterocycles. The summed E-state index contributed by atoms with van der Waals surface area (Å²) in [6.45, 7) is 3.75. The normalized spacial score (nSPS) is 13.3. The molecule has 2 aromatic rings. The van der Waals surface area contributed by atoms with E-state index in [9.17, 15) is 0 Å². The van der Waals surface area contributed by atoms with Crippen LogP contribution in [0.5, 0.6) is 0 Å². The predicted octanol–water partition coefficient (Wildman–Crippen LogP) is 3.39. The van der Waals surface area contributed by atoms with Crippen molar-refractivity contribution in [2.75, 3.05) is 0 Å². The van der Waals surface area contributed by atoms with Crippen molar-refractivity contribution in [3.8, 4) is 6.07 Å². The molecule has 2 nitrogen and oxygen atoms in total. The molecule has 0 amide bonds. The first kappa shape index (κ1) is 11.6. The molecule has 0 aliphatic rings. The van der Waals surface area contributed by atoms with E-state index < -0.39 is 5.41 Å². The summed E-state index contributed by atoms with van der Waals surface area (Å²) >= 11 is 0. The van der Waals surface area contributed by atoms with Crippen LogP contribution in [0.3, 0.4) is 0 Å². The highest BCUT2D eigenvalue weighted by atomic mass is 14.7. The SMILES string of the molecule is CC(C)(C#N)C(N)c1cccc2ccccc12. The molecule has 2 heteroatoms. The third-order valence-corrected chi connectivity index (χ3v) is 3.22. The second-order valence-electron chi connectivity index (χ2n) is 4.88. The highest BCUT2D eigenvalue weighted by Crippen LogP contribution is 2.34. The first-order chi connectivity index (χ1) is 8.06. The number of nitriles is 1. The van der Waals surface area contributed by atoms with Crippen molar-refractivity contribution in [2.45, 2.75) is 19.9 Å². The first-order valence-corrected chi connectivity index (χ1v) is 5.71. The Morgan fingerprint density at radius 3 is 2.47 bits per heavy atom. The number of hydrogen-bond acceptors (Lipinski definition) is 2. The number of fused-ring (bicyclic) bond motifs is 1. The van der Waals surface area contributed by atoms with Gasteiger partial charge in [0.1, 0.15) is 0 Å². The molecule has 86 valence electrons. The molecule has 2 rings (SSSR count). The van der Waals surface area contributed by atoms with Crippen LogP contribution in [0.15, 0.2) is 42.5 Å². The second kappa shape index (κ2) is 4.20. The van der Waals surface area contributed by atoms with E-state index in [4.69, 9.17) is 11.0 Å². The zero-order valence-corrected chi connectivity index (χ0v) is 10.1. The van der Waals surface area contributed by atoms with Crippen molar-refractivity contribution >= 4 is 10.8 Å². The molecular weight excluding hydrogens is 208 g/mol. The summed E-state index contributed by atoms with van der Waals surface area (Å²) in [5.74, 6) is 0. The van der Waals surface area contributed by atoms with Crippen LogP contribution >= 0.6 is 0 Å². The molecule has 0 aliphatic carbocycles. The van der Waals surface area contributed by atoms with E-state index in [1.165, 1.54) is 0 Å². The Bertz CT molecular complexity index is 573. The number of benzene rings is 2. The highest BCUT2D eigenvalue weighted by Gasteiger charge is 2.28. The molecule has 1 unspecified atom stereocenters. The van der Waals surface area contributed by atoms with Gasteiger partial charge in [-0.15, -0.1) is 0 Å². The summed E-state index contributed by atoms with van der Waals surface area (Å²) < 4.78 is 0. The van der Waals surface area contributed by atoms with E-state index in [2.05, 4.69) is 24.3 Å². The first-order valence-electron chi connectivity index (χ1n) is 5.71. The number of hydrogen-bond donors (Lipinski definition) is 1. The molecule has 0 heterocycles. The Balaban J connectivity index is 2.61. The van der Waals surface area contributed by atoms with E-state index in [0.29, 0.717) is 0 Å². The molecule has 0 saturated carbocycles. The summed E-state index contributed by atoms with van der Waals surface area (Å²) in [6, 6.07) is 16.2. The fourth-order valence-corrected chi connectivity index (χ4v) is 1.98. The molecule has 2 N–H and O–H groups in total. The predicted molar refractivity (Wildman–Crippen MR) is 70.3 cm³/mol. The van der Waals surface area contributed by atoms with Crippen LogP contribution in [0, 0.1) is 16.7 Å². The number of rotatable bonds is 2. The lowest BCUT2D eigenvalue weighted by Gasteiger charge is -2.25. The van der Waals surface area contributed by atoms with Crippen molar-refractivity contribution in [3.63, 3.8) is 0 Å². The van der Waals surface area contributed by atoms with E-state index in [0.717, 1.165) is 16.3 Å². The molecule has 0 spiro atoms. The third-order valence-electron chi connectivity index (χ3n) is 3.22. The Morgan fingerprint density at radius 1 is 1.12 bits per heavy atom. The van der Waals surface area contributed by atoms with Gasteiger partial charge in [0.05, 0.1) is 11.5 Å². The van der Waals surface area contributed by atoms with Gasteiger partial charge in [-0.1, -0.05) is 42.5 Å². The lowest BCUT2D eigenvalue weighted by atomic mass is 9.81. The molecule has 0 aliphatic heterocycles. The van der Waals surface area contributed by atoms with Gasteiger partial charge < -0.3 is 5.73 Å². The van der Waals surface area contributed by atoms with Crippen LogP contribution in [0.4, 0.5) is 0 Å². The highest BCUT2D eigenvalue weighted by molar-refractivity contribution is 5.86. The van der Waals surface area contributed by atoms with Gasteiger partial charge in [0, 0.05) is 6.04 Å². The van der Waals surface area contributed by atoms with Gasteiger partial charge in [0.25, 0.3) is 0 Å². The van der Waals surface area contributed by atoms with Gasteiger partial charge in [-0.05, 0) is 30.2 Å². The van der Waals surface area contributed by atoms with Crippen LogP contribution in [-0.4, -0.2) is 0 Å². The van der Waals surface area contributed by atoms with Crippen LogP contribution < -0.4 is 5.73 Å². The Morgan fingerprint density at radius 2 is 1.76 bits per heavy atom. The zero-order chi connectivity index (χ0) is 12.5. The van der Waals surface area contributed by atoms with E-state index in [1.54, 1.807) is 0 Å². The summed E-state index contributed by atoms with van der Waals surface area (Å²) in [6.07, 6.45) is 0. The summed E-state index contributed by atoms with van der Waals surface area (Å²) in [7, 11) is 0. The lowest BCUT2D eigenvalue weighted by molar-refractivity contribution is 0.395. The van der Waals surface area contributed by atoms with Gasteiger partial charge in [0.2, 0.25) is 0 Å². The van der Waals surface area contributed by atoms with Crippen molar-refractivity contribution in [2.24, 2.45) is 11.1 Å². The minimum atomic E-state index is -0.565. The minimum absolute atomic E-state index is 0.279. The van der Waals surface area contributed by atoms with Crippen LogP contribution in [-0.2, 0) is 0 Å². The standard InChI is InChI=1S/C15H16N2/c1-15(2,10-16)14(17)13-9-5-7-11-6-3-4-8-12(11)13/h3-9,14H,17H2,1-2H3. The molecule has 2 aromatic carbocycles. The lowest BCUT2D eigenvalue weighted by Crippen LogP contribution is -2.27. The van der Waals surface area contributed by atoms with Crippen LogP contribution in [0.2, 0.25) is 0 Å². The molecule has 0 saturated heterocycles. The Labute approximate surface area is 102 Å². The average Bonchev–Trinajstić information content (AvgIpc) is 2.37. The maximum atomic E-state index is 9.17. The molecule has 0 bridgehead atoms. The van der Waals surface area contributed by atoms with Crippen molar-refractivity contribution < 1.29 is 0 Å². The average molecular weight is 224 g/mol. The fourth-order valence-electron chi connectivity index (χ4n) is 1.98. The molecule has 1 atom stereocenters. The van der Waals surface area contributed by atoms with Crippen LogP contribution in [0.1, 0.15) is 25.5 Å². The molecule has 0 fully saturated rings. The fraction of sp³-hybridized carbons (Fsp3) is 0.267. The minimum Gasteiger partial charge on any atom is -0.323 e. The van der Waals surface area contributed by atoms with Crippen molar-refractivity contribution in [1.82, 2.24) is 0 Å². The summed E-state index contributed by atoms with van der Waals surface area (Å²) in [5, 5.41) is 11.5. The quantitative estimate of drug-likeness (QED) is 0.850. The van der Waals surface area contributed by atoms with Crippen molar-refractivity contribution in [1.29, 1.82) is 5.26 Å². The van der Waals surface area contributed by atoms with Gasteiger partial charge in [-0.25, -0.2) is 0 Å². The van der Waals surface area contributed by atoms with E-state index in [1.807, 2.05) is 38.1 Å². The van der Waals surface area contributed by atoms with E-state index >= 15 is 0 Å². The smallest absolute Gasteiger partial charge is 0.0710 e. The van der Waals surface area contributed by atoms with Gasteiger partial charge in [-0.2, -0.15) is 5.26 Å². The van der Waals surface area contributed by atoms with Gasteiger partial charge >= 0.3 is 0 Å². The largest absolute Gasteiger partial charge is 0.323 e. The molecule has 17 heavy (non-hydrogen) atoms. The van der Waals surface area contributed by atoms with Gasteiger partial charge in [-0.3, -0.25) is 0 Å². The zero-order valence-electron chi connectivity index (χ0n) is 10.1. The maximum Gasteiger partial charge on any atom is 0.0710 e. The Kier molecular flexibility index (Phi) is 2.87. The van der Waals surface area contributed by atoms with Gasteiger partial charge in [0.15, 0.2) is 0 Å². The summed E-state index contributed by atoms with van der Waals surface area (Å²) in [5.41, 5.74) is 6.70. The number of nitrogens with zero attached hydrogens (tertiary/aromatic N) is 1. The second-order valence-corrected chi connectivity index (χ2v) is 4.88. The molecule has 0 radical (unpaired) electrons. The third kappa shape index (κ3) is 2.02. The maximum absolute atomic E-state index is 9.17. The van der Waals surface area contributed by atoms with E-state index in [-0.39, 0.29) is 6.04 Å².